The minimum atomic E-state index is 0.0983. The highest BCUT2D eigenvalue weighted by Gasteiger charge is 2.16. The van der Waals surface area contributed by atoms with E-state index in [0.29, 0.717) is 11.7 Å². The van der Waals surface area contributed by atoms with Crippen molar-refractivity contribution in [3.05, 3.63) is 65.7 Å². The Morgan fingerprint density at radius 3 is 2.17 bits per heavy atom. The molecule has 0 aliphatic rings. The Labute approximate surface area is 108 Å². The molecule has 0 aromatic heterocycles. The minimum Gasteiger partial charge on any atom is -0.508 e. The van der Waals surface area contributed by atoms with Crippen LogP contribution in [-0.2, 0) is 6.42 Å². The monoisotopic (exact) mass is 241 g/mol. The fourth-order valence-corrected chi connectivity index (χ4v) is 2.19. The normalized spacial score (nSPS) is 14.1. The van der Waals surface area contributed by atoms with Gasteiger partial charge in [-0.2, -0.15) is 0 Å². The SMILES string of the molecule is CC(N)C(Cc1ccc(O)cc1)c1ccccc1. The molecule has 2 heteroatoms. The maximum atomic E-state index is 9.29. The summed E-state index contributed by atoms with van der Waals surface area (Å²) in [5, 5.41) is 9.29. The molecule has 0 heterocycles. The van der Waals surface area contributed by atoms with Gasteiger partial charge in [-0.1, -0.05) is 42.5 Å². The van der Waals surface area contributed by atoms with Gasteiger partial charge in [0.2, 0.25) is 0 Å². The average molecular weight is 241 g/mol. The Kier molecular flexibility index (Phi) is 4.00. The van der Waals surface area contributed by atoms with Crippen LogP contribution in [0.5, 0.6) is 5.75 Å². The third-order valence-corrected chi connectivity index (χ3v) is 3.25. The van der Waals surface area contributed by atoms with Crippen LogP contribution in [0.1, 0.15) is 24.0 Å². The van der Waals surface area contributed by atoms with Crippen molar-refractivity contribution in [2.24, 2.45) is 5.73 Å². The van der Waals surface area contributed by atoms with E-state index in [-0.39, 0.29) is 6.04 Å². The van der Waals surface area contributed by atoms with Crippen LogP contribution in [0.4, 0.5) is 0 Å². The minimum absolute atomic E-state index is 0.0983. The third-order valence-electron chi connectivity index (χ3n) is 3.25. The third kappa shape index (κ3) is 3.11. The van der Waals surface area contributed by atoms with Gasteiger partial charge in [-0.25, -0.2) is 0 Å². The smallest absolute Gasteiger partial charge is 0.115 e. The van der Waals surface area contributed by atoms with E-state index in [2.05, 4.69) is 12.1 Å². The summed E-state index contributed by atoms with van der Waals surface area (Å²) in [5.74, 6) is 0.603. The second kappa shape index (κ2) is 5.69. The van der Waals surface area contributed by atoms with E-state index < -0.39 is 0 Å². The lowest BCUT2D eigenvalue weighted by molar-refractivity contribution is 0.474. The lowest BCUT2D eigenvalue weighted by atomic mass is 9.87. The number of hydrogen-bond donors (Lipinski definition) is 2. The molecular weight excluding hydrogens is 222 g/mol. The van der Waals surface area contributed by atoms with Gasteiger partial charge in [0.15, 0.2) is 0 Å². The first-order chi connectivity index (χ1) is 8.66. The molecule has 2 rings (SSSR count). The number of benzene rings is 2. The molecule has 2 aromatic rings. The summed E-state index contributed by atoms with van der Waals surface area (Å²) in [6, 6.07) is 17.8. The van der Waals surface area contributed by atoms with Crippen molar-refractivity contribution in [2.45, 2.75) is 25.3 Å². The summed E-state index contributed by atoms with van der Waals surface area (Å²) < 4.78 is 0. The lowest BCUT2D eigenvalue weighted by Gasteiger charge is -2.21. The van der Waals surface area contributed by atoms with Gasteiger partial charge < -0.3 is 10.8 Å². The van der Waals surface area contributed by atoms with Crippen molar-refractivity contribution in [1.82, 2.24) is 0 Å². The zero-order valence-electron chi connectivity index (χ0n) is 10.6. The number of hydrogen-bond acceptors (Lipinski definition) is 2. The van der Waals surface area contributed by atoms with Gasteiger partial charge in [-0.15, -0.1) is 0 Å². The Balaban J connectivity index is 2.19. The van der Waals surface area contributed by atoms with Gasteiger partial charge in [-0.3, -0.25) is 0 Å². The fourth-order valence-electron chi connectivity index (χ4n) is 2.19. The highest BCUT2D eigenvalue weighted by molar-refractivity contribution is 5.29. The molecule has 2 nitrogen and oxygen atoms in total. The van der Waals surface area contributed by atoms with Crippen LogP contribution >= 0.6 is 0 Å². The van der Waals surface area contributed by atoms with E-state index in [1.165, 1.54) is 11.1 Å². The summed E-state index contributed by atoms with van der Waals surface area (Å²) in [6.07, 6.45) is 0.891. The van der Waals surface area contributed by atoms with Gasteiger partial charge in [0.1, 0.15) is 5.75 Å². The van der Waals surface area contributed by atoms with Gasteiger partial charge in [0.05, 0.1) is 0 Å². The first kappa shape index (κ1) is 12.7. The largest absolute Gasteiger partial charge is 0.508 e. The van der Waals surface area contributed by atoms with Crippen LogP contribution in [0.25, 0.3) is 0 Å². The van der Waals surface area contributed by atoms with Crippen molar-refractivity contribution < 1.29 is 5.11 Å². The molecule has 18 heavy (non-hydrogen) atoms. The predicted molar refractivity (Wildman–Crippen MR) is 74.6 cm³/mol. The first-order valence-electron chi connectivity index (χ1n) is 6.25. The molecule has 2 unspecified atom stereocenters. The zero-order chi connectivity index (χ0) is 13.0. The standard InChI is InChI=1S/C16H19NO/c1-12(17)16(14-5-3-2-4-6-14)11-13-7-9-15(18)10-8-13/h2-10,12,16,18H,11,17H2,1H3. The van der Waals surface area contributed by atoms with Crippen molar-refractivity contribution in [2.75, 3.05) is 0 Å². The summed E-state index contributed by atoms with van der Waals surface area (Å²) in [6.45, 7) is 2.04. The lowest BCUT2D eigenvalue weighted by Crippen LogP contribution is -2.26. The maximum Gasteiger partial charge on any atom is 0.115 e. The molecule has 3 N–H and O–H groups in total. The van der Waals surface area contributed by atoms with Crippen molar-refractivity contribution >= 4 is 0 Å². The summed E-state index contributed by atoms with van der Waals surface area (Å²) in [7, 11) is 0. The van der Waals surface area contributed by atoms with Crippen molar-refractivity contribution in [1.29, 1.82) is 0 Å². The maximum absolute atomic E-state index is 9.29. The van der Waals surface area contributed by atoms with Crippen LogP contribution < -0.4 is 5.73 Å². The molecule has 2 atom stereocenters. The van der Waals surface area contributed by atoms with E-state index in [4.69, 9.17) is 5.73 Å². The molecule has 0 spiro atoms. The molecule has 0 saturated heterocycles. The number of aromatic hydroxyl groups is 1. The molecule has 0 fully saturated rings. The highest BCUT2D eigenvalue weighted by Crippen LogP contribution is 2.24. The average Bonchev–Trinajstić information content (AvgIpc) is 2.38. The molecule has 2 aromatic carbocycles. The van der Waals surface area contributed by atoms with Gasteiger partial charge in [-0.05, 0) is 36.6 Å². The Morgan fingerprint density at radius 1 is 1.00 bits per heavy atom. The molecule has 0 aliphatic carbocycles. The van der Waals surface area contributed by atoms with E-state index in [1.54, 1.807) is 12.1 Å². The van der Waals surface area contributed by atoms with Crippen LogP contribution in [0.3, 0.4) is 0 Å². The first-order valence-corrected chi connectivity index (χ1v) is 6.25. The van der Waals surface area contributed by atoms with Crippen LogP contribution in [-0.4, -0.2) is 11.1 Å². The second-order valence-electron chi connectivity index (χ2n) is 4.75. The van der Waals surface area contributed by atoms with Crippen LogP contribution in [0.2, 0.25) is 0 Å². The number of phenolic OH excluding ortho intramolecular Hbond substituents is 1. The topological polar surface area (TPSA) is 46.2 Å². The molecule has 0 amide bonds. The summed E-state index contributed by atoms with van der Waals surface area (Å²) in [5.41, 5.74) is 8.55. The molecule has 0 saturated carbocycles. The van der Waals surface area contributed by atoms with Gasteiger partial charge in [0.25, 0.3) is 0 Å². The second-order valence-corrected chi connectivity index (χ2v) is 4.75. The quantitative estimate of drug-likeness (QED) is 0.864. The Morgan fingerprint density at radius 2 is 1.61 bits per heavy atom. The van der Waals surface area contributed by atoms with Crippen molar-refractivity contribution in [3.63, 3.8) is 0 Å². The fraction of sp³-hybridized carbons (Fsp3) is 0.250. The summed E-state index contributed by atoms with van der Waals surface area (Å²) in [4.78, 5) is 0. The number of rotatable bonds is 4. The molecule has 0 aliphatic heterocycles. The van der Waals surface area contributed by atoms with E-state index >= 15 is 0 Å². The number of phenols is 1. The van der Waals surface area contributed by atoms with Crippen LogP contribution in [0.15, 0.2) is 54.6 Å². The molecule has 94 valence electrons. The van der Waals surface area contributed by atoms with Gasteiger partial charge in [0, 0.05) is 12.0 Å². The molecular formula is C16H19NO. The number of nitrogens with two attached hydrogens (primary N) is 1. The molecule has 0 radical (unpaired) electrons. The predicted octanol–water partition coefficient (Wildman–Crippen LogP) is 3.07. The molecule has 0 bridgehead atoms. The van der Waals surface area contributed by atoms with E-state index in [9.17, 15) is 5.11 Å². The van der Waals surface area contributed by atoms with E-state index in [0.717, 1.165) is 6.42 Å². The summed E-state index contributed by atoms with van der Waals surface area (Å²) >= 11 is 0. The Bertz CT molecular complexity index is 476. The zero-order valence-corrected chi connectivity index (χ0v) is 10.6. The van der Waals surface area contributed by atoms with E-state index in [1.807, 2.05) is 37.3 Å². The van der Waals surface area contributed by atoms with Crippen LogP contribution in [0, 0.1) is 0 Å². The Hall–Kier alpha value is -1.80. The van der Waals surface area contributed by atoms with Gasteiger partial charge >= 0.3 is 0 Å². The van der Waals surface area contributed by atoms with Crippen molar-refractivity contribution in [3.8, 4) is 5.75 Å². The highest BCUT2D eigenvalue weighted by atomic mass is 16.3.